The number of carbonyl (C=O) groups excluding carboxylic acids is 1. The fourth-order valence-corrected chi connectivity index (χ4v) is 3.08. The molecular weight excluding hydrogens is 308 g/mol. The van der Waals surface area contributed by atoms with E-state index < -0.39 is 5.60 Å². The molecule has 0 aliphatic carbocycles. The number of likely N-dealkylation sites (tertiary alicyclic amines) is 1. The predicted octanol–water partition coefficient (Wildman–Crippen LogP) is 1.17. The Hall–Kier alpha value is -2.25. The fourth-order valence-electron chi connectivity index (χ4n) is 3.08. The van der Waals surface area contributed by atoms with Crippen molar-refractivity contribution in [3.05, 3.63) is 48.4 Å². The fraction of sp³-hybridized carbons (Fsp3) is 0.471. The van der Waals surface area contributed by atoms with Crippen molar-refractivity contribution in [2.24, 2.45) is 0 Å². The van der Waals surface area contributed by atoms with Crippen molar-refractivity contribution in [3.8, 4) is 0 Å². The molecule has 7 nitrogen and oxygen atoms in total. The molecule has 2 aromatic rings. The van der Waals surface area contributed by atoms with Crippen LogP contribution in [-0.2, 0) is 6.54 Å². The lowest BCUT2D eigenvalue weighted by Gasteiger charge is -2.30. The second-order valence-corrected chi connectivity index (χ2v) is 6.23. The zero-order valence-corrected chi connectivity index (χ0v) is 13.8. The van der Waals surface area contributed by atoms with E-state index in [0.29, 0.717) is 26.1 Å². The Kier molecular flexibility index (Phi) is 4.92. The SMILES string of the molecule is CCN(Cc1ccncc1)CC1(O)CCN(C(=O)c2cnco2)C1. The van der Waals surface area contributed by atoms with Crippen LogP contribution in [0.25, 0.3) is 0 Å². The molecule has 2 aromatic heterocycles. The number of likely N-dealkylation sites (N-methyl/N-ethyl adjacent to an activating group) is 1. The van der Waals surface area contributed by atoms with E-state index >= 15 is 0 Å². The Balaban J connectivity index is 1.60. The smallest absolute Gasteiger partial charge is 0.291 e. The highest BCUT2D eigenvalue weighted by Gasteiger charge is 2.40. The standard InChI is InChI=1S/C17H22N4O3/c1-2-20(10-14-3-6-18-7-4-14)11-17(23)5-8-21(12-17)16(22)15-9-19-13-24-15/h3-4,6-7,9,13,23H,2,5,8,10-12H2,1H3. The van der Waals surface area contributed by atoms with Gasteiger partial charge >= 0.3 is 0 Å². The summed E-state index contributed by atoms with van der Waals surface area (Å²) in [5, 5.41) is 10.9. The summed E-state index contributed by atoms with van der Waals surface area (Å²) in [6.07, 6.45) is 6.74. The van der Waals surface area contributed by atoms with Crippen molar-refractivity contribution in [3.63, 3.8) is 0 Å². The molecule has 1 atom stereocenters. The van der Waals surface area contributed by atoms with Crippen LogP contribution in [0.15, 0.2) is 41.5 Å². The first-order chi connectivity index (χ1) is 11.6. The molecule has 128 valence electrons. The van der Waals surface area contributed by atoms with Gasteiger partial charge in [-0.3, -0.25) is 14.7 Å². The first-order valence-electron chi connectivity index (χ1n) is 8.11. The second-order valence-electron chi connectivity index (χ2n) is 6.23. The van der Waals surface area contributed by atoms with Crippen LogP contribution in [-0.4, -0.2) is 62.6 Å². The number of aromatic nitrogens is 2. The molecule has 0 saturated carbocycles. The largest absolute Gasteiger partial charge is 0.438 e. The van der Waals surface area contributed by atoms with Crippen molar-refractivity contribution < 1.29 is 14.3 Å². The van der Waals surface area contributed by atoms with Gasteiger partial charge in [-0.2, -0.15) is 0 Å². The third-order valence-electron chi connectivity index (χ3n) is 4.38. The lowest BCUT2D eigenvalue weighted by Crippen LogP contribution is -2.45. The monoisotopic (exact) mass is 330 g/mol. The second kappa shape index (κ2) is 7.11. The number of rotatable bonds is 6. The summed E-state index contributed by atoms with van der Waals surface area (Å²) < 4.78 is 5.06. The highest BCUT2D eigenvalue weighted by atomic mass is 16.3. The quantitative estimate of drug-likeness (QED) is 0.856. The zero-order valence-electron chi connectivity index (χ0n) is 13.8. The Morgan fingerprint density at radius 1 is 1.42 bits per heavy atom. The van der Waals surface area contributed by atoms with Crippen LogP contribution in [0, 0.1) is 0 Å². The molecule has 3 rings (SSSR count). The summed E-state index contributed by atoms with van der Waals surface area (Å²) in [5.74, 6) is -0.0102. The molecule has 1 aliphatic rings. The van der Waals surface area contributed by atoms with Gasteiger partial charge in [-0.05, 0) is 30.7 Å². The summed E-state index contributed by atoms with van der Waals surface area (Å²) >= 11 is 0. The van der Waals surface area contributed by atoms with Crippen LogP contribution in [0.4, 0.5) is 0 Å². The van der Waals surface area contributed by atoms with Crippen LogP contribution in [0.3, 0.4) is 0 Å². The maximum Gasteiger partial charge on any atom is 0.291 e. The van der Waals surface area contributed by atoms with Gasteiger partial charge in [-0.25, -0.2) is 4.98 Å². The molecule has 0 spiro atoms. The molecule has 1 aliphatic heterocycles. The van der Waals surface area contributed by atoms with E-state index in [4.69, 9.17) is 4.42 Å². The molecule has 1 amide bonds. The number of β-amino-alcohol motifs (C(OH)–C–C–N with tert-alkyl or cyclic N) is 1. The third-order valence-corrected chi connectivity index (χ3v) is 4.38. The van der Waals surface area contributed by atoms with Gasteiger partial charge in [0, 0.05) is 32.0 Å². The van der Waals surface area contributed by atoms with E-state index in [9.17, 15) is 9.90 Å². The summed E-state index contributed by atoms with van der Waals surface area (Å²) in [5.41, 5.74) is 0.252. The normalized spacial score (nSPS) is 20.7. The van der Waals surface area contributed by atoms with Crippen molar-refractivity contribution in [2.75, 3.05) is 26.2 Å². The molecule has 0 radical (unpaired) electrons. The maximum atomic E-state index is 12.3. The molecule has 1 unspecified atom stereocenters. The summed E-state index contributed by atoms with van der Waals surface area (Å²) in [6, 6.07) is 3.95. The number of aliphatic hydroxyl groups is 1. The van der Waals surface area contributed by atoms with Crippen LogP contribution in [0.1, 0.15) is 29.5 Å². The molecule has 1 fully saturated rings. The molecule has 1 N–H and O–H groups in total. The van der Waals surface area contributed by atoms with Gasteiger partial charge in [0.15, 0.2) is 6.39 Å². The average molecular weight is 330 g/mol. The number of hydrogen-bond donors (Lipinski definition) is 1. The van der Waals surface area contributed by atoms with Crippen molar-refractivity contribution in [1.29, 1.82) is 0 Å². The topological polar surface area (TPSA) is 82.7 Å². The van der Waals surface area contributed by atoms with Crippen LogP contribution in [0.5, 0.6) is 0 Å². The summed E-state index contributed by atoms with van der Waals surface area (Å²) in [7, 11) is 0. The summed E-state index contributed by atoms with van der Waals surface area (Å²) in [6.45, 7) is 4.98. The maximum absolute atomic E-state index is 12.3. The number of nitrogens with zero attached hydrogens (tertiary/aromatic N) is 4. The zero-order chi connectivity index (χ0) is 17.0. The summed E-state index contributed by atoms with van der Waals surface area (Å²) in [4.78, 5) is 23.9. The molecule has 0 bridgehead atoms. The highest BCUT2D eigenvalue weighted by molar-refractivity contribution is 5.91. The van der Waals surface area contributed by atoms with Gasteiger partial charge in [0.2, 0.25) is 5.76 Å². The van der Waals surface area contributed by atoms with Crippen molar-refractivity contribution >= 4 is 5.91 Å². The number of oxazole rings is 1. The minimum absolute atomic E-state index is 0.211. The number of hydrogen-bond acceptors (Lipinski definition) is 6. The Bertz CT molecular complexity index is 662. The highest BCUT2D eigenvalue weighted by Crippen LogP contribution is 2.24. The van der Waals surface area contributed by atoms with Crippen molar-refractivity contribution in [1.82, 2.24) is 19.8 Å². The van der Waals surface area contributed by atoms with Gasteiger partial charge in [-0.1, -0.05) is 6.92 Å². The minimum atomic E-state index is -0.904. The van der Waals surface area contributed by atoms with Gasteiger partial charge in [0.05, 0.1) is 18.3 Å². The lowest BCUT2D eigenvalue weighted by molar-refractivity contribution is 0.0105. The molecule has 3 heterocycles. The van der Waals surface area contributed by atoms with Crippen molar-refractivity contribution in [2.45, 2.75) is 25.5 Å². The Morgan fingerprint density at radius 2 is 2.21 bits per heavy atom. The van der Waals surface area contributed by atoms with E-state index in [0.717, 1.165) is 18.7 Å². The molecule has 1 saturated heterocycles. The minimum Gasteiger partial charge on any atom is -0.438 e. The van der Waals surface area contributed by atoms with Crippen LogP contribution < -0.4 is 0 Å². The van der Waals surface area contributed by atoms with E-state index in [2.05, 4.69) is 21.8 Å². The third kappa shape index (κ3) is 3.80. The number of amides is 1. The predicted molar refractivity (Wildman–Crippen MR) is 87.2 cm³/mol. The van der Waals surface area contributed by atoms with Crippen LogP contribution >= 0.6 is 0 Å². The molecule has 0 aromatic carbocycles. The van der Waals surface area contributed by atoms with E-state index in [1.54, 1.807) is 17.3 Å². The van der Waals surface area contributed by atoms with E-state index in [-0.39, 0.29) is 11.7 Å². The molecule has 24 heavy (non-hydrogen) atoms. The number of pyridine rings is 1. The van der Waals surface area contributed by atoms with Gasteiger partial charge in [0.1, 0.15) is 0 Å². The van der Waals surface area contributed by atoms with E-state index in [1.165, 1.54) is 12.6 Å². The van der Waals surface area contributed by atoms with E-state index in [1.807, 2.05) is 12.1 Å². The van der Waals surface area contributed by atoms with Gasteiger partial charge in [0.25, 0.3) is 5.91 Å². The first-order valence-corrected chi connectivity index (χ1v) is 8.11. The van der Waals surface area contributed by atoms with Gasteiger partial charge in [-0.15, -0.1) is 0 Å². The Morgan fingerprint density at radius 3 is 2.88 bits per heavy atom. The van der Waals surface area contributed by atoms with Gasteiger partial charge < -0.3 is 14.4 Å². The van der Waals surface area contributed by atoms with Crippen LogP contribution in [0.2, 0.25) is 0 Å². The molecule has 7 heteroatoms. The number of carbonyl (C=O) groups is 1. The lowest BCUT2D eigenvalue weighted by atomic mass is 10.0. The Labute approximate surface area is 140 Å². The first kappa shape index (κ1) is 16.6. The molecular formula is C17H22N4O3. The average Bonchev–Trinajstić information content (AvgIpc) is 3.25.